The molecule has 32 heavy (non-hydrogen) atoms. The van der Waals surface area contributed by atoms with Crippen molar-refractivity contribution < 1.29 is 14.1 Å². The van der Waals surface area contributed by atoms with E-state index in [4.69, 9.17) is 4.42 Å². The van der Waals surface area contributed by atoms with Crippen LogP contribution in [0, 0.1) is 10.1 Å². The number of carbonyl (C=O) groups excluding carboxylic acids is 1. The van der Waals surface area contributed by atoms with Gasteiger partial charge in [-0.3, -0.25) is 24.7 Å². The van der Waals surface area contributed by atoms with E-state index in [1.807, 2.05) is 0 Å². The van der Waals surface area contributed by atoms with Crippen LogP contribution in [0.5, 0.6) is 0 Å². The number of furan rings is 1. The number of hydrogen-bond acceptors (Lipinski definition) is 7. The lowest BCUT2D eigenvalue weighted by Crippen LogP contribution is -2.21. The summed E-state index contributed by atoms with van der Waals surface area (Å²) in [5, 5.41) is 18.4. The monoisotopic (exact) mass is 432 g/mol. The van der Waals surface area contributed by atoms with Gasteiger partial charge < -0.3 is 9.73 Å². The summed E-state index contributed by atoms with van der Waals surface area (Å²) in [4.78, 5) is 43.3. The highest BCUT2D eigenvalue weighted by molar-refractivity contribution is 6.06. The van der Waals surface area contributed by atoms with Crippen molar-refractivity contribution in [1.29, 1.82) is 0 Å². The molecule has 0 radical (unpaired) electrons. The molecular weight excluding hydrogens is 416 g/mol. The molecule has 3 heterocycles. The molecule has 0 atom stereocenters. The van der Waals surface area contributed by atoms with Crippen molar-refractivity contribution in [3.05, 3.63) is 86.0 Å². The first-order valence-electron chi connectivity index (χ1n) is 9.82. The van der Waals surface area contributed by atoms with E-state index in [1.165, 1.54) is 35.2 Å². The second-order valence-electron chi connectivity index (χ2n) is 7.20. The first-order chi connectivity index (χ1) is 15.5. The molecule has 0 aliphatic heterocycles. The zero-order chi connectivity index (χ0) is 22.2. The molecule has 0 saturated heterocycles. The fourth-order valence-electron chi connectivity index (χ4n) is 3.71. The van der Waals surface area contributed by atoms with Crippen LogP contribution in [0.2, 0.25) is 0 Å². The predicted octanol–water partition coefficient (Wildman–Crippen LogP) is 2.86. The van der Waals surface area contributed by atoms with Crippen molar-refractivity contribution in [2.45, 2.75) is 19.3 Å². The van der Waals surface area contributed by atoms with Crippen LogP contribution in [0.1, 0.15) is 28.0 Å². The van der Waals surface area contributed by atoms with E-state index in [0.29, 0.717) is 35.6 Å². The predicted molar refractivity (Wildman–Crippen MR) is 113 cm³/mol. The van der Waals surface area contributed by atoms with Crippen LogP contribution < -0.4 is 10.9 Å². The van der Waals surface area contributed by atoms with Crippen molar-refractivity contribution in [3.8, 4) is 17.4 Å². The van der Waals surface area contributed by atoms with Crippen LogP contribution in [0.15, 0.2) is 57.9 Å². The lowest BCUT2D eigenvalue weighted by molar-refractivity contribution is -0.385. The topological polar surface area (TPSA) is 149 Å². The molecule has 0 spiro atoms. The number of benzene rings is 1. The van der Waals surface area contributed by atoms with Gasteiger partial charge in [0.15, 0.2) is 5.76 Å². The normalized spacial score (nSPS) is 12.5. The fraction of sp³-hybridized carbons (Fsp3) is 0.143. The number of H-pyrrole nitrogens is 1. The van der Waals surface area contributed by atoms with Crippen molar-refractivity contribution in [2.75, 3.05) is 5.32 Å². The van der Waals surface area contributed by atoms with Gasteiger partial charge in [0, 0.05) is 17.7 Å². The maximum Gasteiger partial charge on any atom is 0.282 e. The number of nitro benzene ring substituents is 1. The van der Waals surface area contributed by atoms with E-state index in [2.05, 4.69) is 20.4 Å². The van der Waals surface area contributed by atoms with E-state index in [9.17, 15) is 19.7 Å². The minimum absolute atomic E-state index is 0.111. The number of aryl methyl sites for hydroxylation is 1. The summed E-state index contributed by atoms with van der Waals surface area (Å²) in [5.74, 6) is 0.0355. The third-order valence-electron chi connectivity index (χ3n) is 5.20. The van der Waals surface area contributed by atoms with E-state index in [1.54, 1.807) is 18.2 Å². The van der Waals surface area contributed by atoms with Crippen molar-refractivity contribution in [1.82, 2.24) is 19.7 Å². The summed E-state index contributed by atoms with van der Waals surface area (Å²) in [5.41, 5.74) is 1.03. The number of nitrogens with zero attached hydrogens (tertiary/aromatic N) is 4. The number of aromatic nitrogens is 4. The van der Waals surface area contributed by atoms with Gasteiger partial charge in [0.25, 0.3) is 17.2 Å². The molecule has 11 nitrogen and oxygen atoms in total. The second kappa shape index (κ2) is 7.61. The summed E-state index contributed by atoms with van der Waals surface area (Å²) in [6, 6.07) is 10.5. The van der Waals surface area contributed by atoms with Gasteiger partial charge in [-0.25, -0.2) is 4.98 Å². The number of hydrogen-bond donors (Lipinski definition) is 2. The molecule has 2 N–H and O–H groups in total. The Bertz CT molecular complexity index is 1400. The zero-order valence-electron chi connectivity index (χ0n) is 16.6. The van der Waals surface area contributed by atoms with Crippen LogP contribution in [-0.2, 0) is 12.8 Å². The minimum Gasteiger partial charge on any atom is -0.463 e. The lowest BCUT2D eigenvalue weighted by atomic mass is 10.1. The first kappa shape index (κ1) is 19.4. The van der Waals surface area contributed by atoms with Crippen molar-refractivity contribution >= 4 is 17.4 Å². The number of aromatic amines is 1. The van der Waals surface area contributed by atoms with E-state index >= 15 is 0 Å². The molecule has 160 valence electrons. The SMILES string of the molecule is O=C(Nc1cc(-c2ccco2)nn1-c1nc2c(c(=O)[nH]1)CCC2)c1ccccc1[N+](=O)[O-]. The number of nitrogens with one attached hydrogen (secondary N) is 2. The largest absolute Gasteiger partial charge is 0.463 e. The molecule has 11 heteroatoms. The number of fused-ring (bicyclic) bond motifs is 1. The van der Waals surface area contributed by atoms with Gasteiger partial charge >= 0.3 is 0 Å². The van der Waals surface area contributed by atoms with Crippen molar-refractivity contribution in [2.24, 2.45) is 0 Å². The molecule has 4 aromatic rings. The Labute approximate surface area is 179 Å². The van der Waals surface area contributed by atoms with Gasteiger partial charge in [0.1, 0.15) is 17.1 Å². The number of para-hydroxylation sites is 1. The average molecular weight is 432 g/mol. The van der Waals surface area contributed by atoms with Gasteiger partial charge in [0.05, 0.1) is 16.9 Å². The summed E-state index contributed by atoms with van der Waals surface area (Å²) >= 11 is 0. The van der Waals surface area contributed by atoms with Crippen LogP contribution >= 0.6 is 0 Å². The Morgan fingerprint density at radius 3 is 2.84 bits per heavy atom. The molecule has 1 aromatic carbocycles. The summed E-state index contributed by atoms with van der Waals surface area (Å²) in [6.45, 7) is 0. The molecule has 1 aliphatic rings. The van der Waals surface area contributed by atoms with Gasteiger partial charge in [-0.15, -0.1) is 0 Å². The average Bonchev–Trinajstić information content (AvgIpc) is 3.54. The molecule has 3 aromatic heterocycles. The number of amides is 1. The maximum absolute atomic E-state index is 12.9. The smallest absolute Gasteiger partial charge is 0.282 e. The third kappa shape index (κ3) is 3.35. The standard InChI is InChI=1S/C21H16N6O5/c28-19-12-6-3-7-14(12)22-21(24-19)26-18(11-15(25-26)17-9-4-10-32-17)23-20(29)13-5-1-2-8-16(13)27(30)31/h1-2,4-5,8-11H,3,6-7H2,(H,23,29)(H,22,24,28). The van der Waals surface area contributed by atoms with Gasteiger partial charge in [-0.1, -0.05) is 12.1 Å². The van der Waals surface area contributed by atoms with Crippen LogP contribution in [-0.4, -0.2) is 30.6 Å². The van der Waals surface area contributed by atoms with Gasteiger partial charge in [-0.05, 0) is 37.5 Å². The van der Waals surface area contributed by atoms with Gasteiger partial charge in [-0.2, -0.15) is 9.78 Å². The molecule has 1 aliphatic carbocycles. The molecule has 5 rings (SSSR count). The molecule has 0 fully saturated rings. The molecule has 0 saturated carbocycles. The number of nitro groups is 1. The molecule has 0 bridgehead atoms. The molecule has 1 amide bonds. The highest BCUT2D eigenvalue weighted by Crippen LogP contribution is 2.26. The highest BCUT2D eigenvalue weighted by Gasteiger charge is 2.24. The van der Waals surface area contributed by atoms with E-state index in [-0.39, 0.29) is 28.6 Å². The number of carbonyl (C=O) groups is 1. The van der Waals surface area contributed by atoms with Crippen LogP contribution in [0.4, 0.5) is 11.5 Å². The highest BCUT2D eigenvalue weighted by atomic mass is 16.6. The Morgan fingerprint density at radius 2 is 2.06 bits per heavy atom. The summed E-state index contributed by atoms with van der Waals surface area (Å²) in [7, 11) is 0. The third-order valence-corrected chi connectivity index (χ3v) is 5.20. The quantitative estimate of drug-likeness (QED) is 0.364. The Hall–Kier alpha value is -4.54. The minimum atomic E-state index is -0.701. The summed E-state index contributed by atoms with van der Waals surface area (Å²) in [6.07, 6.45) is 3.66. The number of rotatable bonds is 5. The van der Waals surface area contributed by atoms with Crippen molar-refractivity contribution in [3.63, 3.8) is 0 Å². The second-order valence-corrected chi connectivity index (χ2v) is 7.20. The number of anilines is 1. The van der Waals surface area contributed by atoms with Gasteiger partial charge in [0.2, 0.25) is 5.95 Å². The lowest BCUT2D eigenvalue weighted by Gasteiger charge is -2.09. The Kier molecular flexibility index (Phi) is 4.62. The van der Waals surface area contributed by atoms with Crippen LogP contribution in [0.25, 0.3) is 17.4 Å². The Balaban J connectivity index is 1.60. The fourth-order valence-corrected chi connectivity index (χ4v) is 3.71. The molecular formula is C21H16N6O5. The summed E-state index contributed by atoms with van der Waals surface area (Å²) < 4.78 is 6.67. The van der Waals surface area contributed by atoms with E-state index < -0.39 is 10.8 Å². The van der Waals surface area contributed by atoms with Crippen LogP contribution in [0.3, 0.4) is 0 Å². The first-order valence-corrected chi connectivity index (χ1v) is 9.82. The maximum atomic E-state index is 12.9. The van der Waals surface area contributed by atoms with E-state index in [0.717, 1.165) is 6.42 Å². The zero-order valence-corrected chi connectivity index (χ0v) is 16.6. The Morgan fingerprint density at radius 1 is 1.22 bits per heavy atom. The molecule has 0 unspecified atom stereocenters.